The van der Waals surface area contributed by atoms with Crippen LogP contribution in [-0.2, 0) is 16.0 Å². The van der Waals surface area contributed by atoms with Gasteiger partial charge in [0.25, 0.3) is 0 Å². The summed E-state index contributed by atoms with van der Waals surface area (Å²) in [5.74, 6) is -0.00216. The zero-order valence-corrected chi connectivity index (χ0v) is 12.1. The van der Waals surface area contributed by atoms with Crippen LogP contribution in [-0.4, -0.2) is 18.1 Å². The molecule has 1 aromatic rings. The van der Waals surface area contributed by atoms with Crippen molar-refractivity contribution in [2.45, 2.75) is 37.2 Å². The Labute approximate surface area is 122 Å². The number of anilines is 1. The Balaban J connectivity index is 1.97. The van der Waals surface area contributed by atoms with Crippen molar-refractivity contribution < 1.29 is 9.53 Å². The molecular weight excluding hydrogens is 285 g/mol. The third-order valence-corrected chi connectivity index (χ3v) is 4.93. The van der Waals surface area contributed by atoms with Crippen molar-refractivity contribution in [3.05, 3.63) is 28.3 Å². The molecule has 2 aliphatic rings. The van der Waals surface area contributed by atoms with Gasteiger partial charge in [-0.3, -0.25) is 4.79 Å². The van der Waals surface area contributed by atoms with Crippen LogP contribution in [0.4, 0.5) is 5.69 Å². The summed E-state index contributed by atoms with van der Waals surface area (Å²) < 4.78 is 5.78. The van der Waals surface area contributed by atoms with Crippen LogP contribution >= 0.6 is 23.2 Å². The molecule has 102 valence electrons. The summed E-state index contributed by atoms with van der Waals surface area (Å²) in [6.07, 6.45) is 2.33. The Bertz CT molecular complexity index is 538. The van der Waals surface area contributed by atoms with E-state index in [2.05, 4.69) is 5.32 Å². The predicted octanol–water partition coefficient (Wildman–Crippen LogP) is 3.68. The summed E-state index contributed by atoms with van der Waals surface area (Å²) in [6.45, 7) is 2.76. The van der Waals surface area contributed by atoms with Crippen molar-refractivity contribution in [2.24, 2.45) is 0 Å². The van der Waals surface area contributed by atoms with Gasteiger partial charge in [-0.15, -0.1) is 11.6 Å². The van der Waals surface area contributed by atoms with Gasteiger partial charge < -0.3 is 10.1 Å². The molecule has 1 amide bonds. The van der Waals surface area contributed by atoms with Gasteiger partial charge in [-0.25, -0.2) is 0 Å². The van der Waals surface area contributed by atoms with Crippen LogP contribution in [0.2, 0.25) is 5.02 Å². The van der Waals surface area contributed by atoms with Gasteiger partial charge in [0, 0.05) is 17.3 Å². The molecule has 1 saturated heterocycles. The van der Waals surface area contributed by atoms with Crippen LogP contribution < -0.4 is 5.32 Å². The summed E-state index contributed by atoms with van der Waals surface area (Å²) in [5.41, 5.74) is 2.22. The van der Waals surface area contributed by atoms with Crippen molar-refractivity contribution in [3.8, 4) is 0 Å². The zero-order valence-electron chi connectivity index (χ0n) is 10.6. The second kappa shape index (κ2) is 4.65. The number of nitrogens with one attached hydrogen (secondary N) is 1. The van der Waals surface area contributed by atoms with E-state index >= 15 is 0 Å². The van der Waals surface area contributed by atoms with Crippen LogP contribution in [0.5, 0.6) is 0 Å². The fourth-order valence-corrected chi connectivity index (χ4v) is 3.47. The van der Waals surface area contributed by atoms with Gasteiger partial charge in [0.2, 0.25) is 5.91 Å². The number of carbonyl (C=O) groups is 1. The minimum atomic E-state index is -0.379. The molecular formula is C14H15Cl2NO2. The molecule has 1 fully saturated rings. The van der Waals surface area contributed by atoms with Crippen LogP contribution in [0, 0.1) is 0 Å². The highest BCUT2D eigenvalue weighted by Gasteiger charge is 2.39. The lowest BCUT2D eigenvalue weighted by Crippen LogP contribution is -2.29. The van der Waals surface area contributed by atoms with E-state index in [9.17, 15) is 4.79 Å². The molecule has 19 heavy (non-hydrogen) atoms. The van der Waals surface area contributed by atoms with Crippen molar-refractivity contribution in [3.63, 3.8) is 0 Å². The minimum Gasteiger partial charge on any atom is -0.373 e. The summed E-state index contributed by atoms with van der Waals surface area (Å²) >= 11 is 12.9. The number of alkyl halides is 1. The van der Waals surface area contributed by atoms with E-state index < -0.39 is 0 Å². The van der Waals surface area contributed by atoms with E-state index in [1.165, 1.54) is 0 Å². The van der Waals surface area contributed by atoms with Crippen molar-refractivity contribution in [1.82, 2.24) is 0 Å². The van der Waals surface area contributed by atoms with Gasteiger partial charge in [-0.2, -0.15) is 0 Å². The smallest absolute Gasteiger partial charge is 0.228 e. The maximum Gasteiger partial charge on any atom is 0.228 e. The van der Waals surface area contributed by atoms with Crippen LogP contribution in [0.15, 0.2) is 12.1 Å². The van der Waals surface area contributed by atoms with E-state index in [1.807, 2.05) is 13.0 Å². The molecule has 5 heteroatoms. The Hall–Kier alpha value is -0.770. The summed E-state index contributed by atoms with van der Waals surface area (Å²) in [4.78, 5) is 11.4. The first-order valence-electron chi connectivity index (χ1n) is 6.40. The standard InChI is InChI=1S/C14H15Cl2NO2/c1-14(3-2-4-19-14)13(16)9-5-8-6-12(18)17-11(8)7-10(9)15/h5,7,13H,2-4,6H2,1H3,(H,17,18). The first-order valence-corrected chi connectivity index (χ1v) is 7.21. The average molecular weight is 300 g/mol. The Kier molecular flexibility index (Phi) is 3.24. The fourth-order valence-electron chi connectivity index (χ4n) is 2.79. The number of fused-ring (bicyclic) bond motifs is 1. The highest BCUT2D eigenvalue weighted by Crippen LogP contribution is 2.45. The molecule has 3 nitrogen and oxygen atoms in total. The predicted molar refractivity (Wildman–Crippen MR) is 76.0 cm³/mol. The second-order valence-corrected chi connectivity index (χ2v) is 6.23. The van der Waals surface area contributed by atoms with E-state index in [0.717, 1.165) is 36.3 Å². The zero-order chi connectivity index (χ0) is 13.6. The molecule has 0 radical (unpaired) electrons. The molecule has 2 unspecified atom stereocenters. The number of hydrogen-bond donors (Lipinski definition) is 1. The van der Waals surface area contributed by atoms with Gasteiger partial charge in [0.05, 0.1) is 17.4 Å². The molecule has 3 rings (SSSR count). The highest BCUT2D eigenvalue weighted by atomic mass is 35.5. The lowest BCUT2D eigenvalue weighted by molar-refractivity contribution is -0.115. The lowest BCUT2D eigenvalue weighted by atomic mass is 9.91. The molecule has 2 heterocycles. The first kappa shape index (κ1) is 13.2. The Morgan fingerprint density at radius 3 is 2.95 bits per heavy atom. The fraction of sp³-hybridized carbons (Fsp3) is 0.500. The number of ether oxygens (including phenoxy) is 1. The molecule has 0 bridgehead atoms. The first-order chi connectivity index (χ1) is 8.99. The molecule has 1 N–H and O–H groups in total. The number of halogens is 2. The van der Waals surface area contributed by atoms with Gasteiger partial charge in [-0.05, 0) is 37.0 Å². The number of hydrogen-bond acceptors (Lipinski definition) is 2. The minimum absolute atomic E-state index is 0.00216. The van der Waals surface area contributed by atoms with E-state index in [-0.39, 0.29) is 16.9 Å². The molecule has 0 spiro atoms. The van der Waals surface area contributed by atoms with Crippen LogP contribution in [0.3, 0.4) is 0 Å². The normalized spacial score (nSPS) is 27.2. The number of benzene rings is 1. The quantitative estimate of drug-likeness (QED) is 0.846. The van der Waals surface area contributed by atoms with E-state index in [4.69, 9.17) is 27.9 Å². The molecule has 2 atom stereocenters. The second-order valence-electron chi connectivity index (χ2n) is 5.38. The van der Waals surface area contributed by atoms with Crippen LogP contribution in [0.1, 0.15) is 36.3 Å². The largest absolute Gasteiger partial charge is 0.373 e. The molecule has 0 saturated carbocycles. The van der Waals surface area contributed by atoms with Gasteiger partial charge in [-0.1, -0.05) is 17.7 Å². The number of rotatable bonds is 2. The number of amides is 1. The molecule has 0 aliphatic carbocycles. The van der Waals surface area contributed by atoms with Crippen molar-refractivity contribution in [1.29, 1.82) is 0 Å². The molecule has 0 aromatic heterocycles. The Morgan fingerprint density at radius 1 is 1.47 bits per heavy atom. The van der Waals surface area contributed by atoms with E-state index in [0.29, 0.717) is 11.4 Å². The summed E-state index contributed by atoms with van der Waals surface area (Å²) in [6, 6.07) is 3.71. The van der Waals surface area contributed by atoms with Gasteiger partial charge in [0.15, 0.2) is 0 Å². The summed E-state index contributed by atoms with van der Waals surface area (Å²) in [5, 5.41) is 3.06. The summed E-state index contributed by atoms with van der Waals surface area (Å²) in [7, 11) is 0. The Morgan fingerprint density at radius 2 is 2.26 bits per heavy atom. The monoisotopic (exact) mass is 299 g/mol. The van der Waals surface area contributed by atoms with Crippen LogP contribution in [0.25, 0.3) is 0 Å². The SMILES string of the molecule is CC1(C(Cl)c2cc3c(cc2Cl)NC(=O)C3)CCCO1. The maximum absolute atomic E-state index is 11.4. The highest BCUT2D eigenvalue weighted by molar-refractivity contribution is 6.33. The van der Waals surface area contributed by atoms with Crippen molar-refractivity contribution in [2.75, 3.05) is 11.9 Å². The van der Waals surface area contributed by atoms with Crippen molar-refractivity contribution >= 4 is 34.8 Å². The molecule has 2 aliphatic heterocycles. The lowest BCUT2D eigenvalue weighted by Gasteiger charge is -2.30. The topological polar surface area (TPSA) is 38.3 Å². The van der Waals surface area contributed by atoms with Gasteiger partial charge >= 0.3 is 0 Å². The third kappa shape index (κ3) is 2.24. The maximum atomic E-state index is 11.4. The third-order valence-electron chi connectivity index (χ3n) is 3.91. The number of carbonyl (C=O) groups excluding carboxylic acids is 1. The van der Waals surface area contributed by atoms with Gasteiger partial charge in [0.1, 0.15) is 0 Å². The van der Waals surface area contributed by atoms with E-state index in [1.54, 1.807) is 6.07 Å². The molecule has 1 aromatic carbocycles. The average Bonchev–Trinajstić information content (AvgIpc) is 2.93.